The highest BCUT2D eigenvalue weighted by Gasteiger charge is 2.12. The van der Waals surface area contributed by atoms with Crippen LogP contribution >= 0.6 is 0 Å². The molecule has 0 aliphatic carbocycles. The Morgan fingerprint density at radius 1 is 1.14 bits per heavy atom. The van der Waals surface area contributed by atoms with Gasteiger partial charge in [-0.1, -0.05) is 0 Å². The molecule has 3 N–H and O–H groups in total. The fourth-order valence-electron chi connectivity index (χ4n) is 1.79. The number of nitrogens with two attached hydrogens (primary N) is 1. The number of ether oxygens (including phenoxy) is 3. The number of nitrogens with one attached hydrogen (secondary N) is 1. The average molecular weight is 306 g/mol. The van der Waals surface area contributed by atoms with E-state index >= 15 is 0 Å². The van der Waals surface area contributed by atoms with Gasteiger partial charge in [-0.05, 0) is 19.1 Å². The van der Waals surface area contributed by atoms with E-state index in [1.54, 1.807) is 46.6 Å². The molecule has 22 heavy (non-hydrogen) atoms. The lowest BCUT2D eigenvalue weighted by Gasteiger charge is -2.12. The maximum atomic E-state index is 5.71. The van der Waals surface area contributed by atoms with E-state index in [1.807, 2.05) is 0 Å². The minimum absolute atomic E-state index is 0.334. The van der Waals surface area contributed by atoms with E-state index in [2.05, 4.69) is 20.7 Å². The lowest BCUT2D eigenvalue weighted by Crippen LogP contribution is -2.13. The second-order valence-electron chi connectivity index (χ2n) is 4.27. The molecule has 1 heterocycles. The number of hydrogen-bond donors (Lipinski definition) is 2. The second kappa shape index (κ2) is 6.66. The standard InChI is InChI=1S/C13H18N6O3/c1-8-16-18-13(19(8)14)17-15-7-9-5-10(20-2)12(22-4)11(6-9)21-3/h5-7H,14H2,1-4H3,(H,17,18)/b15-7-. The Morgan fingerprint density at radius 3 is 2.23 bits per heavy atom. The molecule has 0 amide bonds. The number of nitrogens with zero attached hydrogens (tertiary/aromatic N) is 4. The Kier molecular flexibility index (Phi) is 4.66. The summed E-state index contributed by atoms with van der Waals surface area (Å²) in [5.74, 6) is 8.23. The molecule has 2 rings (SSSR count). The van der Waals surface area contributed by atoms with Crippen LogP contribution in [0.15, 0.2) is 17.2 Å². The van der Waals surface area contributed by atoms with Gasteiger partial charge < -0.3 is 20.1 Å². The number of rotatable bonds is 6. The third kappa shape index (κ3) is 3.03. The van der Waals surface area contributed by atoms with E-state index < -0.39 is 0 Å². The summed E-state index contributed by atoms with van der Waals surface area (Å²) in [5.41, 5.74) is 3.46. The Balaban J connectivity index is 2.22. The molecule has 2 aromatic rings. The van der Waals surface area contributed by atoms with Gasteiger partial charge >= 0.3 is 0 Å². The van der Waals surface area contributed by atoms with Crippen LogP contribution in [0.2, 0.25) is 0 Å². The molecule has 0 saturated heterocycles. The maximum Gasteiger partial charge on any atom is 0.263 e. The van der Waals surface area contributed by atoms with E-state index in [-0.39, 0.29) is 0 Å². The Morgan fingerprint density at radius 2 is 1.77 bits per heavy atom. The SMILES string of the molecule is COc1cc(/C=N\Nc2nnc(C)n2N)cc(OC)c1OC. The number of hydrogen-bond acceptors (Lipinski definition) is 8. The molecular weight excluding hydrogens is 288 g/mol. The van der Waals surface area contributed by atoms with Crippen LogP contribution in [-0.4, -0.2) is 42.4 Å². The third-order valence-corrected chi connectivity index (χ3v) is 2.93. The van der Waals surface area contributed by atoms with Gasteiger partial charge in [0, 0.05) is 5.56 Å². The molecule has 0 aliphatic heterocycles. The molecule has 0 aliphatic rings. The van der Waals surface area contributed by atoms with Gasteiger partial charge in [0.15, 0.2) is 17.3 Å². The zero-order valence-electron chi connectivity index (χ0n) is 12.8. The third-order valence-electron chi connectivity index (χ3n) is 2.93. The Labute approximate surface area is 127 Å². The van der Waals surface area contributed by atoms with E-state index in [0.717, 1.165) is 5.56 Å². The number of hydrazone groups is 1. The van der Waals surface area contributed by atoms with Crippen molar-refractivity contribution in [1.29, 1.82) is 0 Å². The molecule has 0 unspecified atom stereocenters. The fourth-order valence-corrected chi connectivity index (χ4v) is 1.79. The Hall–Kier alpha value is -2.97. The number of aromatic nitrogens is 3. The number of anilines is 1. The highest BCUT2D eigenvalue weighted by atomic mass is 16.5. The van der Waals surface area contributed by atoms with E-state index in [4.69, 9.17) is 20.1 Å². The minimum atomic E-state index is 0.334. The van der Waals surface area contributed by atoms with Crippen molar-refractivity contribution in [3.8, 4) is 17.2 Å². The van der Waals surface area contributed by atoms with Crippen LogP contribution in [0.5, 0.6) is 17.2 Å². The zero-order chi connectivity index (χ0) is 16.1. The van der Waals surface area contributed by atoms with Crippen molar-refractivity contribution in [2.75, 3.05) is 32.6 Å². The van der Waals surface area contributed by atoms with E-state index in [1.165, 1.54) is 4.68 Å². The topological polar surface area (TPSA) is 109 Å². The smallest absolute Gasteiger partial charge is 0.263 e. The summed E-state index contributed by atoms with van der Waals surface area (Å²) in [4.78, 5) is 0. The van der Waals surface area contributed by atoms with Crippen LogP contribution in [0.25, 0.3) is 0 Å². The van der Waals surface area contributed by atoms with Crippen LogP contribution in [0.4, 0.5) is 5.95 Å². The van der Waals surface area contributed by atoms with Crippen molar-refractivity contribution < 1.29 is 14.2 Å². The number of nitrogen functional groups attached to an aromatic ring is 1. The van der Waals surface area contributed by atoms with Gasteiger partial charge in [-0.3, -0.25) is 0 Å². The molecule has 9 heteroatoms. The van der Waals surface area contributed by atoms with Gasteiger partial charge in [0.1, 0.15) is 0 Å². The molecule has 1 aromatic carbocycles. The molecule has 0 radical (unpaired) electrons. The minimum Gasteiger partial charge on any atom is -0.493 e. The van der Waals surface area contributed by atoms with Gasteiger partial charge in [0.2, 0.25) is 5.75 Å². The highest BCUT2D eigenvalue weighted by Crippen LogP contribution is 2.37. The van der Waals surface area contributed by atoms with Crippen molar-refractivity contribution in [2.45, 2.75) is 6.92 Å². The summed E-state index contributed by atoms with van der Waals surface area (Å²) in [6, 6.07) is 3.54. The van der Waals surface area contributed by atoms with Crippen LogP contribution in [0.3, 0.4) is 0 Å². The predicted molar refractivity (Wildman–Crippen MR) is 82.2 cm³/mol. The number of methoxy groups -OCH3 is 3. The quantitative estimate of drug-likeness (QED) is 0.461. The first-order valence-corrected chi connectivity index (χ1v) is 6.36. The van der Waals surface area contributed by atoms with Crippen molar-refractivity contribution in [3.05, 3.63) is 23.5 Å². The lowest BCUT2D eigenvalue weighted by atomic mass is 10.2. The van der Waals surface area contributed by atoms with Gasteiger partial charge in [0.25, 0.3) is 5.95 Å². The van der Waals surface area contributed by atoms with Crippen LogP contribution in [-0.2, 0) is 0 Å². The maximum absolute atomic E-state index is 5.71. The van der Waals surface area contributed by atoms with Gasteiger partial charge in [-0.25, -0.2) is 10.1 Å². The van der Waals surface area contributed by atoms with E-state index in [9.17, 15) is 0 Å². The molecule has 0 spiro atoms. The van der Waals surface area contributed by atoms with Crippen molar-refractivity contribution in [3.63, 3.8) is 0 Å². The van der Waals surface area contributed by atoms with E-state index in [0.29, 0.717) is 29.0 Å². The van der Waals surface area contributed by atoms with Crippen molar-refractivity contribution in [1.82, 2.24) is 14.9 Å². The Bertz CT molecular complexity index is 657. The summed E-state index contributed by atoms with van der Waals surface area (Å²) in [6.07, 6.45) is 1.58. The number of aryl methyl sites for hydroxylation is 1. The molecule has 0 bridgehead atoms. The molecule has 1 aromatic heterocycles. The van der Waals surface area contributed by atoms with Crippen molar-refractivity contribution >= 4 is 12.2 Å². The summed E-state index contributed by atoms with van der Waals surface area (Å²) >= 11 is 0. The van der Waals surface area contributed by atoms with Crippen LogP contribution in [0, 0.1) is 6.92 Å². The summed E-state index contributed by atoms with van der Waals surface area (Å²) in [5, 5.41) is 11.7. The highest BCUT2D eigenvalue weighted by molar-refractivity contribution is 5.82. The summed E-state index contributed by atoms with van der Waals surface area (Å²) < 4.78 is 17.1. The molecule has 0 atom stereocenters. The predicted octanol–water partition coefficient (Wildman–Crippen LogP) is 0.772. The first kappa shape index (κ1) is 15.4. The average Bonchev–Trinajstić information content (AvgIpc) is 2.85. The zero-order valence-corrected chi connectivity index (χ0v) is 12.8. The second-order valence-corrected chi connectivity index (χ2v) is 4.27. The molecule has 0 saturated carbocycles. The molecule has 0 fully saturated rings. The van der Waals surface area contributed by atoms with Crippen LogP contribution in [0.1, 0.15) is 11.4 Å². The summed E-state index contributed by atoms with van der Waals surface area (Å²) in [7, 11) is 4.65. The number of benzene rings is 1. The molecule has 9 nitrogen and oxygen atoms in total. The van der Waals surface area contributed by atoms with Gasteiger partial charge in [-0.15, -0.1) is 10.2 Å². The summed E-state index contributed by atoms with van der Waals surface area (Å²) in [6.45, 7) is 1.74. The molecule has 118 valence electrons. The first-order chi connectivity index (χ1) is 10.6. The normalized spacial score (nSPS) is 10.7. The molecular formula is C13H18N6O3. The largest absolute Gasteiger partial charge is 0.493 e. The van der Waals surface area contributed by atoms with Crippen molar-refractivity contribution in [2.24, 2.45) is 5.10 Å². The van der Waals surface area contributed by atoms with Crippen LogP contribution < -0.4 is 25.5 Å². The first-order valence-electron chi connectivity index (χ1n) is 6.36. The lowest BCUT2D eigenvalue weighted by molar-refractivity contribution is 0.324. The van der Waals surface area contributed by atoms with Gasteiger partial charge in [0.05, 0.1) is 27.5 Å². The fraction of sp³-hybridized carbons (Fsp3) is 0.308. The monoisotopic (exact) mass is 306 g/mol. The van der Waals surface area contributed by atoms with Gasteiger partial charge in [-0.2, -0.15) is 5.10 Å².